The molecule has 0 amide bonds. The molecular formula is C9H5ClN4. The zero-order chi connectivity index (χ0) is 9.97. The summed E-state index contributed by atoms with van der Waals surface area (Å²) in [5.74, 6) is 0.857. The number of halogens is 1. The van der Waals surface area contributed by atoms with Gasteiger partial charge in [-0.2, -0.15) is 0 Å². The Morgan fingerprint density at radius 2 is 2.29 bits per heavy atom. The van der Waals surface area contributed by atoms with Crippen LogP contribution in [-0.2, 0) is 0 Å². The molecule has 2 heterocycles. The van der Waals surface area contributed by atoms with Gasteiger partial charge in [0.05, 0.1) is 5.02 Å². The van der Waals surface area contributed by atoms with Crippen LogP contribution in [0.1, 0.15) is 0 Å². The first-order valence-corrected chi connectivity index (χ1v) is 4.23. The molecule has 0 unspecified atom stereocenters. The van der Waals surface area contributed by atoms with Gasteiger partial charge in [0.2, 0.25) is 0 Å². The van der Waals surface area contributed by atoms with E-state index in [0.717, 1.165) is 0 Å². The van der Waals surface area contributed by atoms with Crippen molar-refractivity contribution < 1.29 is 0 Å². The molecule has 0 spiro atoms. The topological polar surface area (TPSA) is 35.1 Å². The second kappa shape index (κ2) is 3.48. The van der Waals surface area contributed by atoms with Gasteiger partial charge < -0.3 is 4.85 Å². The van der Waals surface area contributed by atoms with Gasteiger partial charge in [0.25, 0.3) is 5.82 Å². The van der Waals surface area contributed by atoms with Gasteiger partial charge in [-0.25, -0.2) is 4.98 Å². The maximum Gasteiger partial charge on any atom is 0.295 e. The van der Waals surface area contributed by atoms with Crippen LogP contribution in [0.5, 0.6) is 0 Å². The number of aromatic nitrogens is 3. The second-order valence-electron chi connectivity index (χ2n) is 2.54. The molecule has 2 aromatic rings. The van der Waals surface area contributed by atoms with Gasteiger partial charge in [0.1, 0.15) is 0 Å². The molecule has 2 aromatic heterocycles. The number of hydrogen-bond acceptors (Lipinski definition) is 2. The van der Waals surface area contributed by atoms with Crippen molar-refractivity contribution in [2.24, 2.45) is 0 Å². The lowest BCUT2D eigenvalue weighted by atomic mass is 10.4. The molecule has 0 fully saturated rings. The van der Waals surface area contributed by atoms with E-state index in [1.807, 2.05) is 0 Å². The van der Waals surface area contributed by atoms with E-state index in [9.17, 15) is 0 Å². The first-order valence-electron chi connectivity index (χ1n) is 3.85. The third kappa shape index (κ3) is 1.45. The molecule has 0 aliphatic rings. The molecule has 0 aliphatic heterocycles. The van der Waals surface area contributed by atoms with Gasteiger partial charge in [-0.05, 0) is 23.3 Å². The fourth-order valence-electron chi connectivity index (χ4n) is 1.04. The van der Waals surface area contributed by atoms with Crippen molar-refractivity contribution in [3.05, 3.63) is 47.0 Å². The van der Waals surface area contributed by atoms with Gasteiger partial charge in [0.15, 0.2) is 5.82 Å². The monoisotopic (exact) mass is 204 g/mol. The Balaban J connectivity index is 2.51. The normalized spacial score (nSPS) is 9.71. The summed E-state index contributed by atoms with van der Waals surface area (Å²) in [6.45, 7) is 6.77. The van der Waals surface area contributed by atoms with Crippen molar-refractivity contribution in [2.75, 3.05) is 0 Å². The summed E-state index contributed by atoms with van der Waals surface area (Å²) in [6, 6.07) is 5.08. The molecule has 0 radical (unpaired) electrons. The minimum absolute atomic E-state index is 0.326. The summed E-state index contributed by atoms with van der Waals surface area (Å²) < 4.78 is 1.48. The smallest absolute Gasteiger partial charge is 0.295 e. The molecule has 0 N–H and O–H groups in total. The quantitative estimate of drug-likeness (QED) is 0.669. The minimum atomic E-state index is 0.326. The molecule has 4 nitrogen and oxygen atoms in total. The largest absolute Gasteiger partial charge is 0.359 e. The van der Waals surface area contributed by atoms with E-state index in [-0.39, 0.29) is 0 Å². The van der Waals surface area contributed by atoms with Crippen LogP contribution < -0.4 is 0 Å². The maximum atomic E-state index is 6.77. The van der Waals surface area contributed by atoms with E-state index < -0.39 is 0 Å². The summed E-state index contributed by atoms with van der Waals surface area (Å²) in [5, 5.41) is 4.48. The third-order valence-electron chi connectivity index (χ3n) is 1.65. The molecule has 0 atom stereocenters. The summed E-state index contributed by atoms with van der Waals surface area (Å²) in [4.78, 5) is 7.26. The highest BCUT2D eigenvalue weighted by Gasteiger charge is 2.07. The molecule has 68 valence electrons. The Morgan fingerprint density at radius 3 is 2.93 bits per heavy atom. The molecule has 0 saturated heterocycles. The van der Waals surface area contributed by atoms with Crippen molar-refractivity contribution in [1.82, 2.24) is 14.8 Å². The second-order valence-corrected chi connectivity index (χ2v) is 2.95. The molecule has 0 aromatic carbocycles. The summed E-state index contributed by atoms with van der Waals surface area (Å²) in [5.41, 5.74) is 0. The predicted octanol–water partition coefficient (Wildman–Crippen LogP) is 2.47. The Kier molecular flexibility index (Phi) is 2.17. The molecule has 5 heteroatoms. The van der Waals surface area contributed by atoms with Gasteiger partial charge in [0, 0.05) is 12.4 Å². The van der Waals surface area contributed by atoms with Crippen molar-refractivity contribution >= 4 is 17.4 Å². The fourth-order valence-corrected chi connectivity index (χ4v) is 1.25. The number of hydrogen-bond donors (Lipinski definition) is 0. The molecule has 14 heavy (non-hydrogen) atoms. The summed E-state index contributed by atoms with van der Waals surface area (Å²) in [7, 11) is 0. The fraction of sp³-hybridized carbons (Fsp3) is 0. The average molecular weight is 205 g/mol. The SMILES string of the molecule is [C-]#[N+]c1ccn(-c2ncccc2Cl)n1. The Morgan fingerprint density at radius 1 is 1.43 bits per heavy atom. The van der Waals surface area contributed by atoms with E-state index in [4.69, 9.17) is 18.2 Å². The summed E-state index contributed by atoms with van der Waals surface area (Å²) >= 11 is 5.91. The van der Waals surface area contributed by atoms with E-state index >= 15 is 0 Å². The molecular weight excluding hydrogens is 200 g/mol. The van der Waals surface area contributed by atoms with Gasteiger partial charge >= 0.3 is 0 Å². The lowest BCUT2D eigenvalue weighted by Gasteiger charge is -1.97. The average Bonchev–Trinajstić information content (AvgIpc) is 2.67. The first kappa shape index (κ1) is 8.73. The maximum absolute atomic E-state index is 6.77. The molecule has 2 rings (SSSR count). The summed E-state index contributed by atoms with van der Waals surface area (Å²) in [6.07, 6.45) is 3.28. The molecule has 0 saturated carbocycles. The Bertz CT molecular complexity index is 498. The highest BCUT2D eigenvalue weighted by molar-refractivity contribution is 6.32. The minimum Gasteiger partial charge on any atom is -0.359 e. The van der Waals surface area contributed by atoms with Gasteiger partial charge in [-0.1, -0.05) is 18.2 Å². The van der Waals surface area contributed by atoms with Crippen LogP contribution in [0.3, 0.4) is 0 Å². The molecule has 0 bridgehead atoms. The van der Waals surface area contributed by atoms with E-state index in [2.05, 4.69) is 14.9 Å². The van der Waals surface area contributed by atoms with Gasteiger partial charge in [-0.15, -0.1) is 4.68 Å². The van der Waals surface area contributed by atoms with E-state index in [0.29, 0.717) is 16.7 Å². The lowest BCUT2D eigenvalue weighted by Crippen LogP contribution is -1.97. The number of pyridine rings is 1. The Labute approximate surface area is 85.6 Å². The molecule has 0 aliphatic carbocycles. The number of nitrogens with zero attached hydrogens (tertiary/aromatic N) is 4. The highest BCUT2D eigenvalue weighted by Crippen LogP contribution is 2.17. The third-order valence-corrected chi connectivity index (χ3v) is 1.94. The van der Waals surface area contributed by atoms with Crippen LogP contribution in [-0.4, -0.2) is 14.8 Å². The lowest BCUT2D eigenvalue weighted by molar-refractivity contribution is 0.853. The highest BCUT2D eigenvalue weighted by atomic mass is 35.5. The van der Waals surface area contributed by atoms with Crippen LogP contribution in [0.15, 0.2) is 30.6 Å². The van der Waals surface area contributed by atoms with E-state index in [1.165, 1.54) is 4.68 Å². The zero-order valence-corrected chi connectivity index (χ0v) is 7.81. The van der Waals surface area contributed by atoms with Crippen LogP contribution in [0.25, 0.3) is 10.7 Å². The van der Waals surface area contributed by atoms with Crippen LogP contribution >= 0.6 is 11.6 Å². The van der Waals surface area contributed by atoms with Crippen molar-refractivity contribution in [1.29, 1.82) is 0 Å². The van der Waals surface area contributed by atoms with E-state index in [1.54, 1.807) is 30.6 Å². The van der Waals surface area contributed by atoms with Crippen molar-refractivity contribution in [3.8, 4) is 5.82 Å². The van der Waals surface area contributed by atoms with Crippen molar-refractivity contribution in [2.45, 2.75) is 0 Å². The van der Waals surface area contributed by atoms with Crippen LogP contribution in [0.4, 0.5) is 5.82 Å². The standard InChI is InChI=1S/C9H5ClN4/c1-11-8-4-6-14(13-8)9-7(10)3-2-5-12-9/h2-6H. The van der Waals surface area contributed by atoms with Crippen molar-refractivity contribution in [3.63, 3.8) is 0 Å². The van der Waals surface area contributed by atoms with Gasteiger partial charge in [-0.3, -0.25) is 0 Å². The Hall–Kier alpha value is -1.86. The van der Waals surface area contributed by atoms with Crippen LogP contribution in [0.2, 0.25) is 5.02 Å². The number of rotatable bonds is 1. The first-order chi connectivity index (χ1) is 6.81. The zero-order valence-electron chi connectivity index (χ0n) is 7.05. The van der Waals surface area contributed by atoms with Crippen LogP contribution in [0, 0.1) is 6.57 Å². The predicted molar refractivity (Wildman–Crippen MR) is 52.6 cm³/mol.